The van der Waals surface area contributed by atoms with Gasteiger partial charge in [-0.2, -0.15) is 0 Å². The fraction of sp³-hybridized carbons (Fsp3) is 0.500. The number of rotatable bonds is 3. The van der Waals surface area contributed by atoms with Gasteiger partial charge in [0.15, 0.2) is 0 Å². The van der Waals surface area contributed by atoms with E-state index >= 15 is 0 Å². The van der Waals surface area contributed by atoms with Gasteiger partial charge in [0.1, 0.15) is 6.04 Å². The third-order valence-corrected chi connectivity index (χ3v) is 2.47. The number of hydrogen-bond donors (Lipinski definition) is 3. The molecule has 1 unspecified atom stereocenters. The number of carbonyl (C=O) groups is 1. The van der Waals surface area contributed by atoms with Crippen LogP contribution in [0.25, 0.3) is 0 Å². The van der Waals surface area contributed by atoms with Crippen LogP contribution in [0.2, 0.25) is 0 Å². The molecule has 1 rings (SSSR count). The number of hydrogen-bond acceptors (Lipinski definition) is 3. The Balaban J connectivity index is 2.72. The number of benzene rings is 1. The number of nitrogens with one attached hydrogen (secondary N) is 2. The Hall–Kier alpha value is -1.71. The summed E-state index contributed by atoms with van der Waals surface area (Å²) in [5.41, 5.74) is 8.19. The molecule has 1 atom stereocenters. The van der Waals surface area contributed by atoms with Gasteiger partial charge in [0, 0.05) is 5.54 Å². The topological polar surface area (TPSA) is 67.1 Å². The third-order valence-electron chi connectivity index (χ3n) is 2.47. The van der Waals surface area contributed by atoms with Crippen LogP contribution in [-0.2, 0) is 4.79 Å². The molecule has 0 saturated heterocycles. The molecular weight excluding hydrogens is 226 g/mol. The Morgan fingerprint density at radius 1 is 1.33 bits per heavy atom. The van der Waals surface area contributed by atoms with Crippen LogP contribution in [0.3, 0.4) is 0 Å². The molecule has 4 N–H and O–H groups in total. The van der Waals surface area contributed by atoms with Crippen LogP contribution in [0.4, 0.5) is 11.4 Å². The van der Waals surface area contributed by atoms with Gasteiger partial charge in [-0.3, -0.25) is 4.79 Å². The van der Waals surface area contributed by atoms with Crippen molar-refractivity contribution in [1.82, 2.24) is 5.32 Å². The van der Waals surface area contributed by atoms with Gasteiger partial charge in [0.05, 0.1) is 11.4 Å². The highest BCUT2D eigenvalue weighted by atomic mass is 16.2. The van der Waals surface area contributed by atoms with Crippen molar-refractivity contribution in [3.63, 3.8) is 0 Å². The molecule has 1 aromatic rings. The molecule has 18 heavy (non-hydrogen) atoms. The number of nitrogens with two attached hydrogens (primary N) is 1. The van der Waals surface area contributed by atoms with E-state index in [0.717, 1.165) is 11.3 Å². The van der Waals surface area contributed by atoms with Crippen LogP contribution in [0.1, 0.15) is 33.3 Å². The van der Waals surface area contributed by atoms with Crippen molar-refractivity contribution in [2.24, 2.45) is 0 Å². The average molecular weight is 249 g/mol. The summed E-state index contributed by atoms with van der Waals surface area (Å²) < 4.78 is 0. The molecule has 1 amide bonds. The van der Waals surface area contributed by atoms with Crippen molar-refractivity contribution in [2.45, 2.75) is 46.2 Å². The van der Waals surface area contributed by atoms with Crippen LogP contribution >= 0.6 is 0 Å². The van der Waals surface area contributed by atoms with Gasteiger partial charge < -0.3 is 16.4 Å². The molecule has 0 spiro atoms. The molecule has 4 heteroatoms. The van der Waals surface area contributed by atoms with Crippen LogP contribution in [0, 0.1) is 6.92 Å². The van der Waals surface area contributed by atoms with Gasteiger partial charge in [0.2, 0.25) is 5.91 Å². The smallest absolute Gasteiger partial charge is 0.242 e. The largest absolute Gasteiger partial charge is 0.397 e. The highest BCUT2D eigenvalue weighted by molar-refractivity contribution is 5.86. The molecule has 1 aromatic carbocycles. The zero-order chi connectivity index (χ0) is 13.9. The molecular formula is C14H23N3O. The quantitative estimate of drug-likeness (QED) is 0.720. The minimum absolute atomic E-state index is 0.0385. The molecule has 0 heterocycles. The molecule has 0 aliphatic heterocycles. The molecule has 100 valence electrons. The molecule has 0 radical (unpaired) electrons. The molecule has 0 aliphatic carbocycles. The maximum absolute atomic E-state index is 11.9. The summed E-state index contributed by atoms with van der Waals surface area (Å²) in [6, 6.07) is 5.40. The summed E-state index contributed by atoms with van der Waals surface area (Å²) in [6.45, 7) is 9.68. The predicted octanol–water partition coefficient (Wildman–Crippen LogP) is 2.29. The van der Waals surface area contributed by atoms with Gasteiger partial charge in [-0.15, -0.1) is 0 Å². The summed E-state index contributed by atoms with van der Waals surface area (Å²) in [7, 11) is 0. The maximum atomic E-state index is 11.9. The molecule has 0 aliphatic rings. The van der Waals surface area contributed by atoms with Crippen molar-refractivity contribution in [3.05, 3.63) is 23.8 Å². The lowest BCUT2D eigenvalue weighted by Gasteiger charge is -2.24. The van der Waals surface area contributed by atoms with Crippen molar-refractivity contribution >= 4 is 17.3 Å². The number of nitrogen functional groups attached to an aromatic ring is 1. The Bertz CT molecular complexity index is 435. The van der Waals surface area contributed by atoms with Crippen molar-refractivity contribution < 1.29 is 4.79 Å². The van der Waals surface area contributed by atoms with Crippen molar-refractivity contribution in [3.8, 4) is 0 Å². The Labute approximate surface area is 109 Å². The van der Waals surface area contributed by atoms with E-state index < -0.39 is 0 Å². The Kier molecular flexibility index (Phi) is 4.22. The second kappa shape index (κ2) is 5.29. The van der Waals surface area contributed by atoms with Crippen LogP contribution in [-0.4, -0.2) is 17.5 Å². The lowest BCUT2D eigenvalue weighted by molar-refractivity contribution is -0.122. The van der Waals surface area contributed by atoms with E-state index in [4.69, 9.17) is 5.73 Å². The first-order valence-electron chi connectivity index (χ1n) is 6.14. The van der Waals surface area contributed by atoms with Gasteiger partial charge >= 0.3 is 0 Å². The van der Waals surface area contributed by atoms with E-state index in [1.54, 1.807) is 0 Å². The van der Waals surface area contributed by atoms with E-state index in [1.165, 1.54) is 0 Å². The summed E-state index contributed by atoms with van der Waals surface area (Å²) in [4.78, 5) is 11.9. The van der Waals surface area contributed by atoms with Crippen LogP contribution in [0.15, 0.2) is 18.2 Å². The lowest BCUT2D eigenvalue weighted by Crippen LogP contribution is -2.47. The minimum Gasteiger partial charge on any atom is -0.397 e. The van der Waals surface area contributed by atoms with Gasteiger partial charge in [-0.1, -0.05) is 6.07 Å². The van der Waals surface area contributed by atoms with E-state index in [0.29, 0.717) is 5.69 Å². The highest BCUT2D eigenvalue weighted by Crippen LogP contribution is 2.20. The first-order valence-corrected chi connectivity index (χ1v) is 6.14. The van der Waals surface area contributed by atoms with Gasteiger partial charge in [-0.05, 0) is 52.3 Å². The standard InChI is InChI=1S/C14H23N3O/c1-9-6-7-11(15)12(8-9)16-10(2)13(18)17-14(3,4)5/h6-8,10,16H,15H2,1-5H3,(H,17,18). The SMILES string of the molecule is Cc1ccc(N)c(NC(C)C(=O)NC(C)(C)C)c1. The number of aryl methyl sites for hydroxylation is 1. The molecule has 0 bridgehead atoms. The molecule has 0 aromatic heterocycles. The van der Waals surface area contributed by atoms with Gasteiger partial charge in [0.25, 0.3) is 0 Å². The second-order valence-corrected chi connectivity index (χ2v) is 5.70. The monoisotopic (exact) mass is 249 g/mol. The van der Waals surface area contributed by atoms with E-state index in [2.05, 4.69) is 10.6 Å². The zero-order valence-electron chi connectivity index (χ0n) is 11.8. The maximum Gasteiger partial charge on any atom is 0.242 e. The number of anilines is 2. The number of amides is 1. The fourth-order valence-corrected chi connectivity index (χ4v) is 1.57. The summed E-state index contributed by atoms with van der Waals surface area (Å²) in [5, 5.41) is 6.07. The highest BCUT2D eigenvalue weighted by Gasteiger charge is 2.19. The minimum atomic E-state index is -0.326. The number of carbonyl (C=O) groups excluding carboxylic acids is 1. The van der Waals surface area contributed by atoms with Crippen molar-refractivity contribution in [2.75, 3.05) is 11.1 Å². The molecule has 4 nitrogen and oxygen atoms in total. The second-order valence-electron chi connectivity index (χ2n) is 5.70. The zero-order valence-corrected chi connectivity index (χ0v) is 11.8. The molecule has 0 saturated carbocycles. The molecule has 0 fully saturated rings. The average Bonchev–Trinajstić information content (AvgIpc) is 2.21. The van der Waals surface area contributed by atoms with E-state index in [9.17, 15) is 4.79 Å². The summed E-state index contributed by atoms with van der Waals surface area (Å²) >= 11 is 0. The van der Waals surface area contributed by atoms with Crippen LogP contribution in [0.5, 0.6) is 0 Å². The normalized spacial score (nSPS) is 12.9. The Morgan fingerprint density at radius 2 is 1.94 bits per heavy atom. The predicted molar refractivity (Wildman–Crippen MR) is 76.6 cm³/mol. The fourth-order valence-electron chi connectivity index (χ4n) is 1.57. The lowest BCUT2D eigenvalue weighted by atomic mass is 10.1. The summed E-state index contributed by atoms with van der Waals surface area (Å²) in [6.07, 6.45) is 0. The summed E-state index contributed by atoms with van der Waals surface area (Å²) in [5.74, 6) is -0.0385. The first-order chi connectivity index (χ1) is 8.19. The van der Waals surface area contributed by atoms with Crippen LogP contribution < -0.4 is 16.4 Å². The Morgan fingerprint density at radius 3 is 2.50 bits per heavy atom. The van der Waals surface area contributed by atoms with Gasteiger partial charge in [-0.25, -0.2) is 0 Å². The third kappa shape index (κ3) is 4.28. The van der Waals surface area contributed by atoms with Crippen molar-refractivity contribution in [1.29, 1.82) is 0 Å². The first kappa shape index (κ1) is 14.4. The van der Waals surface area contributed by atoms with E-state index in [1.807, 2.05) is 52.8 Å². The van der Waals surface area contributed by atoms with E-state index in [-0.39, 0.29) is 17.5 Å².